The van der Waals surface area contributed by atoms with Crippen LogP contribution in [0.2, 0.25) is 5.15 Å². The molecule has 4 nitrogen and oxygen atoms in total. The Labute approximate surface area is 119 Å². The predicted molar refractivity (Wildman–Crippen MR) is 73.6 cm³/mol. The van der Waals surface area contributed by atoms with E-state index >= 15 is 0 Å². The van der Waals surface area contributed by atoms with Gasteiger partial charge in [-0.15, -0.1) is 0 Å². The fraction of sp³-hybridized carbons (Fsp3) is 0.429. The average molecular weight is 294 g/mol. The van der Waals surface area contributed by atoms with Crippen LogP contribution < -0.4 is 0 Å². The molecule has 0 saturated heterocycles. The van der Waals surface area contributed by atoms with E-state index in [1.807, 2.05) is 0 Å². The Kier molecular flexibility index (Phi) is 2.14. The van der Waals surface area contributed by atoms with Crippen molar-refractivity contribution in [2.45, 2.75) is 30.5 Å². The summed E-state index contributed by atoms with van der Waals surface area (Å²) in [7, 11) is 1.74. The van der Waals surface area contributed by atoms with Crippen LogP contribution in [0.25, 0.3) is 10.9 Å². The van der Waals surface area contributed by atoms with E-state index < -0.39 is 5.67 Å². The van der Waals surface area contributed by atoms with E-state index in [1.165, 1.54) is 0 Å². The summed E-state index contributed by atoms with van der Waals surface area (Å²) in [4.78, 5) is 21.2. The molecule has 2 aromatic heterocycles. The minimum absolute atomic E-state index is 0.126. The Balaban J connectivity index is 1.66. The lowest BCUT2D eigenvalue weighted by Crippen LogP contribution is -2.76. The van der Waals surface area contributed by atoms with Gasteiger partial charge in [-0.2, -0.15) is 0 Å². The molecule has 3 aliphatic rings. The van der Waals surface area contributed by atoms with Crippen LogP contribution in [0.5, 0.6) is 0 Å². The van der Waals surface area contributed by atoms with E-state index in [9.17, 15) is 9.18 Å². The highest BCUT2D eigenvalue weighted by atomic mass is 35.5. The SMILES string of the molecule is CN(C(=O)c1cc2ccnc(Cl)c2[nH]1)C12CC(F)(C1)C2. The second-order valence-corrected chi connectivity index (χ2v) is 6.38. The van der Waals surface area contributed by atoms with Gasteiger partial charge in [0.1, 0.15) is 11.4 Å². The lowest BCUT2D eigenvalue weighted by molar-refractivity contribution is -0.207. The third-order valence-corrected chi connectivity index (χ3v) is 4.97. The lowest BCUT2D eigenvalue weighted by Gasteiger charge is -2.68. The quantitative estimate of drug-likeness (QED) is 0.866. The Morgan fingerprint density at radius 1 is 1.50 bits per heavy atom. The summed E-state index contributed by atoms with van der Waals surface area (Å²) in [5.41, 5.74) is -0.159. The number of rotatable bonds is 2. The standard InChI is InChI=1S/C14H13ClFN3O/c1-19(14-5-13(16,6-14)7-14)12(20)9-4-8-2-3-17-11(15)10(8)18-9/h2-4,18H,5-7H2,1H3. The van der Waals surface area contributed by atoms with E-state index in [0.717, 1.165) is 5.39 Å². The summed E-state index contributed by atoms with van der Waals surface area (Å²) in [5, 5.41) is 1.19. The summed E-state index contributed by atoms with van der Waals surface area (Å²) >= 11 is 5.99. The van der Waals surface area contributed by atoms with Gasteiger partial charge >= 0.3 is 0 Å². The maximum absolute atomic E-state index is 13.6. The number of alkyl halides is 1. The molecule has 3 saturated carbocycles. The summed E-state index contributed by atoms with van der Waals surface area (Å²) in [6.45, 7) is 0. The number of aromatic nitrogens is 2. The highest BCUT2D eigenvalue weighted by Crippen LogP contribution is 2.65. The first-order chi connectivity index (χ1) is 9.42. The highest BCUT2D eigenvalue weighted by molar-refractivity contribution is 6.33. The number of hydrogen-bond donors (Lipinski definition) is 1. The normalized spacial score (nSPS) is 30.8. The second-order valence-electron chi connectivity index (χ2n) is 6.02. The zero-order valence-electron chi connectivity index (χ0n) is 10.9. The molecule has 0 atom stereocenters. The minimum atomic E-state index is -1.01. The van der Waals surface area contributed by atoms with Gasteiger partial charge in [-0.1, -0.05) is 11.6 Å². The molecule has 2 aromatic rings. The highest BCUT2D eigenvalue weighted by Gasteiger charge is 2.71. The molecule has 0 aromatic carbocycles. The van der Waals surface area contributed by atoms with Crippen molar-refractivity contribution in [2.24, 2.45) is 0 Å². The van der Waals surface area contributed by atoms with E-state index in [-0.39, 0.29) is 11.4 Å². The van der Waals surface area contributed by atoms with E-state index in [2.05, 4.69) is 9.97 Å². The molecule has 104 valence electrons. The van der Waals surface area contributed by atoms with Gasteiger partial charge in [0.05, 0.1) is 11.1 Å². The van der Waals surface area contributed by atoms with Gasteiger partial charge in [0.25, 0.3) is 5.91 Å². The van der Waals surface area contributed by atoms with Crippen LogP contribution in [0.4, 0.5) is 4.39 Å². The molecule has 0 spiro atoms. The zero-order valence-corrected chi connectivity index (χ0v) is 11.7. The van der Waals surface area contributed by atoms with Crippen LogP contribution >= 0.6 is 11.6 Å². The molecule has 20 heavy (non-hydrogen) atoms. The van der Waals surface area contributed by atoms with E-state index in [1.54, 1.807) is 30.3 Å². The Morgan fingerprint density at radius 2 is 2.20 bits per heavy atom. The smallest absolute Gasteiger partial charge is 0.270 e. The van der Waals surface area contributed by atoms with Crippen molar-refractivity contribution in [1.82, 2.24) is 14.9 Å². The summed E-state index contributed by atoms with van der Waals surface area (Å²) in [5.74, 6) is -0.126. The predicted octanol–water partition coefficient (Wildman–Crippen LogP) is 2.93. The number of amides is 1. The van der Waals surface area contributed by atoms with Gasteiger partial charge in [-0.05, 0) is 12.1 Å². The first-order valence-corrected chi connectivity index (χ1v) is 6.91. The number of halogens is 2. The summed E-state index contributed by atoms with van der Waals surface area (Å²) < 4.78 is 13.6. The van der Waals surface area contributed by atoms with Crippen molar-refractivity contribution in [2.75, 3.05) is 7.05 Å². The largest absolute Gasteiger partial charge is 0.348 e. The third-order valence-electron chi connectivity index (χ3n) is 4.68. The molecule has 6 heteroatoms. The average Bonchev–Trinajstić information content (AvgIpc) is 2.77. The Morgan fingerprint density at radius 3 is 2.80 bits per heavy atom. The number of pyridine rings is 1. The van der Waals surface area contributed by atoms with Gasteiger partial charge in [0, 0.05) is 37.9 Å². The summed E-state index contributed by atoms with van der Waals surface area (Å²) in [6, 6.07) is 3.56. The molecule has 5 rings (SSSR count). The zero-order chi connectivity index (χ0) is 14.1. The Hall–Kier alpha value is -1.62. The topological polar surface area (TPSA) is 49.0 Å². The number of nitrogens with one attached hydrogen (secondary N) is 1. The molecule has 1 amide bonds. The minimum Gasteiger partial charge on any atom is -0.348 e. The van der Waals surface area contributed by atoms with E-state index in [0.29, 0.717) is 35.6 Å². The second kappa shape index (κ2) is 3.52. The third kappa shape index (κ3) is 1.41. The fourth-order valence-corrected chi connectivity index (χ4v) is 3.71. The molecular formula is C14H13ClFN3O. The van der Waals surface area contributed by atoms with Crippen LogP contribution in [0.15, 0.2) is 18.3 Å². The van der Waals surface area contributed by atoms with Crippen LogP contribution in [-0.4, -0.2) is 39.0 Å². The molecular weight excluding hydrogens is 281 g/mol. The number of fused-ring (bicyclic) bond motifs is 1. The van der Waals surface area contributed by atoms with Crippen molar-refractivity contribution in [3.05, 3.63) is 29.2 Å². The number of nitrogens with zero attached hydrogens (tertiary/aromatic N) is 2. The lowest BCUT2D eigenvalue weighted by atomic mass is 9.47. The molecule has 0 aliphatic heterocycles. The van der Waals surface area contributed by atoms with Crippen LogP contribution in [-0.2, 0) is 0 Å². The molecule has 0 unspecified atom stereocenters. The fourth-order valence-electron chi connectivity index (χ4n) is 3.50. The van der Waals surface area contributed by atoms with Crippen molar-refractivity contribution in [1.29, 1.82) is 0 Å². The van der Waals surface area contributed by atoms with Crippen LogP contribution in [0.3, 0.4) is 0 Å². The molecule has 2 bridgehead atoms. The van der Waals surface area contributed by atoms with Crippen molar-refractivity contribution in [3.8, 4) is 0 Å². The molecule has 0 radical (unpaired) electrons. The maximum atomic E-state index is 13.6. The van der Waals surface area contributed by atoms with Gasteiger partial charge < -0.3 is 9.88 Å². The summed E-state index contributed by atoms with van der Waals surface area (Å²) in [6.07, 6.45) is 2.99. The first-order valence-electron chi connectivity index (χ1n) is 6.53. The number of carbonyl (C=O) groups is 1. The van der Waals surface area contributed by atoms with Crippen molar-refractivity contribution >= 4 is 28.4 Å². The van der Waals surface area contributed by atoms with Crippen molar-refractivity contribution in [3.63, 3.8) is 0 Å². The number of hydrogen-bond acceptors (Lipinski definition) is 2. The van der Waals surface area contributed by atoms with Crippen LogP contribution in [0.1, 0.15) is 29.8 Å². The Bertz CT molecular complexity index is 721. The van der Waals surface area contributed by atoms with Gasteiger partial charge in [0.15, 0.2) is 5.15 Å². The van der Waals surface area contributed by atoms with E-state index in [4.69, 9.17) is 11.6 Å². The first kappa shape index (κ1) is 12.1. The number of H-pyrrole nitrogens is 1. The van der Waals surface area contributed by atoms with Gasteiger partial charge in [-0.25, -0.2) is 9.37 Å². The monoisotopic (exact) mass is 293 g/mol. The molecule has 3 fully saturated rings. The molecule has 2 heterocycles. The van der Waals surface area contributed by atoms with Gasteiger partial charge in [0.2, 0.25) is 0 Å². The van der Waals surface area contributed by atoms with Crippen molar-refractivity contribution < 1.29 is 9.18 Å². The number of aromatic amines is 1. The van der Waals surface area contributed by atoms with Gasteiger partial charge in [-0.3, -0.25) is 4.79 Å². The number of carbonyl (C=O) groups excluding carboxylic acids is 1. The maximum Gasteiger partial charge on any atom is 0.270 e. The molecule has 3 aliphatic carbocycles. The molecule has 1 N–H and O–H groups in total. The van der Waals surface area contributed by atoms with Crippen LogP contribution in [0, 0.1) is 0 Å².